The first-order valence-corrected chi connectivity index (χ1v) is 7.38. The quantitative estimate of drug-likeness (QED) is 0.834. The van der Waals surface area contributed by atoms with E-state index in [1.54, 1.807) is 24.3 Å². The van der Waals surface area contributed by atoms with Crippen LogP contribution in [0.2, 0.25) is 0 Å². The zero-order valence-electron chi connectivity index (χ0n) is 10.8. The first-order valence-electron chi connectivity index (χ1n) is 5.84. The van der Waals surface area contributed by atoms with Gasteiger partial charge in [-0.05, 0) is 17.7 Å². The smallest absolute Gasteiger partial charge is 0.245 e. The van der Waals surface area contributed by atoms with Crippen molar-refractivity contribution in [3.8, 4) is 0 Å². The van der Waals surface area contributed by atoms with E-state index < -0.39 is 15.9 Å². The Bertz CT molecular complexity index is 818. The van der Waals surface area contributed by atoms with Crippen molar-refractivity contribution in [1.82, 2.24) is 0 Å². The maximum atomic E-state index is 11.8. The van der Waals surface area contributed by atoms with Gasteiger partial charge in [0.25, 0.3) is 0 Å². The number of nitrogens with two attached hydrogens (primary N) is 2. The lowest BCUT2D eigenvalue weighted by Crippen LogP contribution is -2.21. The number of sulfonamides is 1. The van der Waals surface area contributed by atoms with E-state index in [0.29, 0.717) is 10.9 Å². The van der Waals surface area contributed by atoms with Crippen LogP contribution in [0.25, 0.3) is 15.7 Å². The molecule has 104 valence electrons. The van der Waals surface area contributed by atoms with E-state index in [-0.39, 0.29) is 10.5 Å². The molecule has 0 aromatic heterocycles. The fourth-order valence-electron chi connectivity index (χ4n) is 2.10. The summed E-state index contributed by atoms with van der Waals surface area (Å²) < 4.78 is 23.7. The molecule has 0 aliphatic rings. The first kappa shape index (κ1) is 14.2. The highest BCUT2D eigenvalue weighted by atomic mass is 32.2. The molecule has 1 amide bonds. The van der Waals surface area contributed by atoms with Crippen molar-refractivity contribution in [3.05, 3.63) is 53.6 Å². The Hall–Kier alpha value is -2.18. The van der Waals surface area contributed by atoms with Gasteiger partial charge in [0, 0.05) is 11.1 Å². The zero-order chi connectivity index (χ0) is 14.9. The standard InChI is InChI=1S/C14H14N2O3S/c1-9(14(15)17)13(20(16,18)19)12-8-4-6-10-5-2-3-7-11(10)12/h2-8H,1H3,(H2,15,17)(H2,16,18,19). The average Bonchev–Trinajstić information content (AvgIpc) is 2.37. The van der Waals surface area contributed by atoms with E-state index >= 15 is 0 Å². The number of hydrogen-bond acceptors (Lipinski definition) is 3. The number of primary sulfonamides is 1. The minimum absolute atomic E-state index is 0.0798. The molecular weight excluding hydrogens is 276 g/mol. The number of hydrogen-bond donors (Lipinski definition) is 2. The molecular formula is C14H14N2O3S. The van der Waals surface area contributed by atoms with Gasteiger partial charge in [-0.1, -0.05) is 42.5 Å². The van der Waals surface area contributed by atoms with Crippen molar-refractivity contribution in [2.75, 3.05) is 0 Å². The number of primary amides is 1. The highest BCUT2D eigenvalue weighted by Crippen LogP contribution is 2.29. The van der Waals surface area contributed by atoms with Crippen LogP contribution in [0, 0.1) is 0 Å². The summed E-state index contributed by atoms with van der Waals surface area (Å²) in [4.78, 5) is 11.1. The highest BCUT2D eigenvalue weighted by Gasteiger charge is 2.22. The van der Waals surface area contributed by atoms with Crippen molar-refractivity contribution in [2.24, 2.45) is 10.9 Å². The Morgan fingerprint density at radius 2 is 1.65 bits per heavy atom. The summed E-state index contributed by atoms with van der Waals surface area (Å²) in [6.45, 7) is 1.35. The van der Waals surface area contributed by atoms with E-state index in [1.807, 2.05) is 18.2 Å². The van der Waals surface area contributed by atoms with Crippen LogP contribution in [-0.4, -0.2) is 14.3 Å². The number of rotatable bonds is 3. The van der Waals surface area contributed by atoms with Crippen LogP contribution in [0.1, 0.15) is 12.5 Å². The van der Waals surface area contributed by atoms with Gasteiger partial charge in [-0.3, -0.25) is 4.79 Å². The highest BCUT2D eigenvalue weighted by molar-refractivity contribution is 7.98. The molecule has 0 unspecified atom stereocenters. The fraction of sp³-hybridized carbons (Fsp3) is 0.0714. The summed E-state index contributed by atoms with van der Waals surface area (Å²) in [6.07, 6.45) is 0. The van der Waals surface area contributed by atoms with Crippen LogP contribution in [0.4, 0.5) is 0 Å². The van der Waals surface area contributed by atoms with E-state index in [4.69, 9.17) is 10.9 Å². The Morgan fingerprint density at radius 1 is 1.05 bits per heavy atom. The Labute approximate surface area is 116 Å². The minimum Gasteiger partial charge on any atom is -0.366 e. The Balaban J connectivity index is 2.91. The van der Waals surface area contributed by atoms with Crippen molar-refractivity contribution >= 4 is 31.6 Å². The molecule has 5 nitrogen and oxygen atoms in total. The Morgan fingerprint density at radius 3 is 2.25 bits per heavy atom. The van der Waals surface area contributed by atoms with Gasteiger partial charge in [0.2, 0.25) is 15.9 Å². The van der Waals surface area contributed by atoms with Gasteiger partial charge < -0.3 is 5.73 Å². The summed E-state index contributed by atoms with van der Waals surface area (Å²) in [5.74, 6) is -0.818. The number of benzene rings is 2. The second kappa shape index (κ2) is 5.07. The second-order valence-corrected chi connectivity index (χ2v) is 5.89. The molecule has 0 bridgehead atoms. The van der Waals surface area contributed by atoms with Crippen LogP contribution < -0.4 is 10.9 Å². The molecule has 2 aromatic carbocycles. The van der Waals surface area contributed by atoms with Gasteiger partial charge in [0.1, 0.15) is 0 Å². The maximum absolute atomic E-state index is 11.8. The molecule has 6 heteroatoms. The van der Waals surface area contributed by atoms with Crippen LogP contribution in [-0.2, 0) is 14.8 Å². The minimum atomic E-state index is -4.07. The molecule has 2 rings (SSSR count). The van der Waals surface area contributed by atoms with Gasteiger partial charge in [-0.15, -0.1) is 0 Å². The van der Waals surface area contributed by atoms with Crippen LogP contribution in [0.3, 0.4) is 0 Å². The molecule has 20 heavy (non-hydrogen) atoms. The molecule has 0 aliphatic carbocycles. The summed E-state index contributed by atoms with van der Waals surface area (Å²) in [5, 5.41) is 6.79. The topological polar surface area (TPSA) is 103 Å². The molecule has 4 N–H and O–H groups in total. The summed E-state index contributed by atoms with van der Waals surface area (Å²) >= 11 is 0. The third kappa shape index (κ3) is 2.56. The molecule has 0 saturated carbocycles. The maximum Gasteiger partial charge on any atom is 0.245 e. The third-order valence-electron chi connectivity index (χ3n) is 3.03. The van der Waals surface area contributed by atoms with E-state index in [1.165, 1.54) is 6.92 Å². The summed E-state index contributed by atoms with van der Waals surface area (Å²) in [7, 11) is -4.07. The number of fused-ring (bicyclic) bond motifs is 1. The largest absolute Gasteiger partial charge is 0.366 e. The monoisotopic (exact) mass is 290 g/mol. The molecule has 0 atom stereocenters. The third-order valence-corrected chi connectivity index (χ3v) is 4.12. The van der Waals surface area contributed by atoms with Gasteiger partial charge in [0.05, 0.1) is 4.91 Å². The lowest BCUT2D eigenvalue weighted by Gasteiger charge is -2.11. The molecule has 0 radical (unpaired) electrons. The van der Waals surface area contributed by atoms with Crippen LogP contribution >= 0.6 is 0 Å². The SMILES string of the molecule is CC(C(N)=O)=C(c1cccc2ccccc12)S(N)(=O)=O. The first-order chi connectivity index (χ1) is 9.32. The number of amides is 1. The molecule has 0 saturated heterocycles. The average molecular weight is 290 g/mol. The summed E-state index contributed by atoms with van der Waals surface area (Å²) in [6, 6.07) is 12.4. The van der Waals surface area contributed by atoms with Gasteiger partial charge in [-0.25, -0.2) is 13.6 Å². The number of carbonyl (C=O) groups is 1. The second-order valence-electron chi connectivity index (χ2n) is 4.39. The molecule has 0 fully saturated rings. The van der Waals surface area contributed by atoms with Crippen molar-refractivity contribution in [1.29, 1.82) is 0 Å². The molecule has 2 aromatic rings. The van der Waals surface area contributed by atoms with Gasteiger partial charge in [-0.2, -0.15) is 0 Å². The van der Waals surface area contributed by atoms with Crippen LogP contribution in [0.5, 0.6) is 0 Å². The molecule has 0 spiro atoms. The van der Waals surface area contributed by atoms with Crippen molar-refractivity contribution in [2.45, 2.75) is 6.92 Å². The van der Waals surface area contributed by atoms with Gasteiger partial charge >= 0.3 is 0 Å². The van der Waals surface area contributed by atoms with E-state index in [0.717, 1.165) is 5.39 Å². The predicted octanol–water partition coefficient (Wildman–Crippen LogP) is 1.34. The normalized spacial score (nSPS) is 13.1. The number of carbonyl (C=O) groups excluding carboxylic acids is 1. The molecule has 0 aliphatic heterocycles. The Kier molecular flexibility index (Phi) is 3.61. The fourth-order valence-corrected chi connectivity index (χ4v) is 3.12. The molecule has 0 heterocycles. The zero-order valence-corrected chi connectivity index (χ0v) is 11.6. The van der Waals surface area contributed by atoms with Crippen molar-refractivity contribution in [3.63, 3.8) is 0 Å². The van der Waals surface area contributed by atoms with E-state index in [9.17, 15) is 13.2 Å². The van der Waals surface area contributed by atoms with Crippen LogP contribution in [0.15, 0.2) is 48.0 Å². The lowest BCUT2D eigenvalue weighted by atomic mass is 10.0. The van der Waals surface area contributed by atoms with E-state index in [2.05, 4.69) is 0 Å². The predicted molar refractivity (Wildman–Crippen MR) is 78.8 cm³/mol. The van der Waals surface area contributed by atoms with Gasteiger partial charge in [0.15, 0.2) is 0 Å². The summed E-state index contributed by atoms with van der Waals surface area (Å²) in [5.41, 5.74) is 5.50. The van der Waals surface area contributed by atoms with Crippen molar-refractivity contribution < 1.29 is 13.2 Å². The lowest BCUT2D eigenvalue weighted by molar-refractivity contribution is -0.114.